The molecule has 1 aromatic heterocycles. The fourth-order valence-electron chi connectivity index (χ4n) is 1.24. The summed E-state index contributed by atoms with van der Waals surface area (Å²) in [5.41, 5.74) is -0.828. The molecule has 4 nitrogen and oxygen atoms in total. The standard InChI is InChI=1S/C10H5BrO4/c11-6-1-2-8-5(3-6)4-7(9(12)13)10(14)15-8/h1-4H,(H,12,13). The molecule has 0 bridgehead atoms. The molecule has 5 heteroatoms. The zero-order valence-corrected chi connectivity index (χ0v) is 8.95. The second kappa shape index (κ2) is 3.51. The van der Waals surface area contributed by atoms with Crippen molar-refractivity contribution < 1.29 is 14.3 Å². The topological polar surface area (TPSA) is 67.5 Å². The summed E-state index contributed by atoms with van der Waals surface area (Å²) in [4.78, 5) is 21.9. The van der Waals surface area contributed by atoms with E-state index in [9.17, 15) is 9.59 Å². The summed E-state index contributed by atoms with van der Waals surface area (Å²) in [6.45, 7) is 0. The van der Waals surface area contributed by atoms with Gasteiger partial charge in [-0.2, -0.15) is 0 Å². The van der Waals surface area contributed by atoms with Crippen LogP contribution >= 0.6 is 15.9 Å². The lowest BCUT2D eigenvalue weighted by Crippen LogP contribution is -2.12. The number of carboxylic acids is 1. The van der Waals surface area contributed by atoms with Gasteiger partial charge in [-0.15, -0.1) is 0 Å². The van der Waals surface area contributed by atoms with E-state index in [0.29, 0.717) is 11.0 Å². The summed E-state index contributed by atoms with van der Waals surface area (Å²) in [7, 11) is 0. The van der Waals surface area contributed by atoms with Gasteiger partial charge in [-0.05, 0) is 24.3 Å². The number of rotatable bonds is 1. The molecular formula is C10H5BrO4. The van der Waals surface area contributed by atoms with Crippen LogP contribution in [0.5, 0.6) is 0 Å². The quantitative estimate of drug-likeness (QED) is 0.806. The Morgan fingerprint density at radius 3 is 2.73 bits per heavy atom. The van der Waals surface area contributed by atoms with E-state index in [4.69, 9.17) is 9.52 Å². The third-order valence-electron chi connectivity index (χ3n) is 1.92. The second-order valence-electron chi connectivity index (χ2n) is 2.93. The lowest BCUT2D eigenvalue weighted by atomic mass is 10.2. The van der Waals surface area contributed by atoms with Crippen LogP contribution in [0.3, 0.4) is 0 Å². The maximum atomic E-state index is 11.2. The Bertz CT molecular complexity index is 600. The Balaban J connectivity index is 2.83. The smallest absolute Gasteiger partial charge is 0.351 e. The maximum Gasteiger partial charge on any atom is 0.351 e. The molecule has 0 amide bonds. The van der Waals surface area contributed by atoms with Crippen LogP contribution in [0.25, 0.3) is 11.0 Å². The molecule has 0 saturated heterocycles. The van der Waals surface area contributed by atoms with Crippen LogP contribution in [-0.2, 0) is 0 Å². The molecule has 0 fully saturated rings. The van der Waals surface area contributed by atoms with Crippen molar-refractivity contribution in [2.24, 2.45) is 0 Å². The average molecular weight is 269 g/mol. The van der Waals surface area contributed by atoms with Gasteiger partial charge in [-0.25, -0.2) is 9.59 Å². The first kappa shape index (κ1) is 9.92. The molecule has 0 radical (unpaired) electrons. The van der Waals surface area contributed by atoms with E-state index in [-0.39, 0.29) is 5.56 Å². The third kappa shape index (κ3) is 1.78. The average Bonchev–Trinajstić information content (AvgIpc) is 2.17. The van der Waals surface area contributed by atoms with Crippen molar-refractivity contribution in [1.82, 2.24) is 0 Å². The summed E-state index contributed by atoms with van der Waals surface area (Å²) >= 11 is 3.25. The van der Waals surface area contributed by atoms with Gasteiger partial charge in [0, 0.05) is 9.86 Å². The van der Waals surface area contributed by atoms with Crippen molar-refractivity contribution in [1.29, 1.82) is 0 Å². The highest BCUT2D eigenvalue weighted by Crippen LogP contribution is 2.19. The second-order valence-corrected chi connectivity index (χ2v) is 3.85. The number of halogens is 1. The highest BCUT2D eigenvalue weighted by molar-refractivity contribution is 9.10. The Labute approximate surface area is 92.3 Å². The molecule has 76 valence electrons. The van der Waals surface area contributed by atoms with Crippen LogP contribution < -0.4 is 5.63 Å². The van der Waals surface area contributed by atoms with Gasteiger partial charge in [0.25, 0.3) is 0 Å². The number of hydrogen-bond acceptors (Lipinski definition) is 3. The van der Waals surface area contributed by atoms with Crippen molar-refractivity contribution in [2.45, 2.75) is 0 Å². The van der Waals surface area contributed by atoms with E-state index in [0.717, 1.165) is 4.47 Å². The highest BCUT2D eigenvalue weighted by atomic mass is 79.9. The zero-order chi connectivity index (χ0) is 11.0. The predicted octanol–water partition coefficient (Wildman–Crippen LogP) is 2.25. The molecule has 1 N–H and O–H groups in total. The van der Waals surface area contributed by atoms with E-state index in [2.05, 4.69) is 15.9 Å². The summed E-state index contributed by atoms with van der Waals surface area (Å²) in [6.07, 6.45) is 0. The SMILES string of the molecule is O=C(O)c1cc2cc(Br)ccc2oc1=O. The minimum absolute atomic E-state index is 0.361. The molecule has 0 atom stereocenters. The highest BCUT2D eigenvalue weighted by Gasteiger charge is 2.11. The molecular weight excluding hydrogens is 264 g/mol. The van der Waals surface area contributed by atoms with E-state index < -0.39 is 11.6 Å². The molecule has 2 rings (SSSR count). The van der Waals surface area contributed by atoms with Crippen molar-refractivity contribution >= 4 is 32.9 Å². The lowest BCUT2D eigenvalue weighted by molar-refractivity contribution is 0.0692. The van der Waals surface area contributed by atoms with Crippen molar-refractivity contribution in [3.8, 4) is 0 Å². The monoisotopic (exact) mass is 268 g/mol. The molecule has 15 heavy (non-hydrogen) atoms. The Kier molecular flexibility index (Phi) is 2.32. The van der Waals surface area contributed by atoms with E-state index in [1.54, 1.807) is 18.2 Å². The van der Waals surface area contributed by atoms with Gasteiger partial charge >= 0.3 is 11.6 Å². The van der Waals surface area contributed by atoms with Crippen molar-refractivity contribution in [3.63, 3.8) is 0 Å². The fourth-order valence-corrected chi connectivity index (χ4v) is 1.62. The largest absolute Gasteiger partial charge is 0.477 e. The van der Waals surface area contributed by atoms with Crippen LogP contribution in [0, 0.1) is 0 Å². The molecule has 0 aliphatic carbocycles. The minimum atomic E-state index is -1.29. The summed E-state index contributed by atoms with van der Waals surface area (Å²) in [5, 5.41) is 9.29. The van der Waals surface area contributed by atoms with E-state index in [1.165, 1.54) is 6.07 Å². The van der Waals surface area contributed by atoms with Crippen molar-refractivity contribution in [3.05, 3.63) is 44.7 Å². The number of aromatic carboxylic acids is 1. The molecule has 2 aromatic rings. The number of benzene rings is 1. The molecule has 1 heterocycles. The molecule has 0 aliphatic rings. The number of fused-ring (bicyclic) bond motifs is 1. The van der Waals surface area contributed by atoms with Crippen LogP contribution in [0.15, 0.2) is 37.9 Å². The van der Waals surface area contributed by atoms with Gasteiger partial charge in [-0.3, -0.25) is 0 Å². The predicted molar refractivity (Wildman–Crippen MR) is 57.1 cm³/mol. The Morgan fingerprint density at radius 2 is 2.07 bits per heavy atom. The number of carbonyl (C=O) groups is 1. The van der Waals surface area contributed by atoms with Gasteiger partial charge in [0.05, 0.1) is 0 Å². The van der Waals surface area contributed by atoms with E-state index in [1.807, 2.05) is 0 Å². The lowest BCUT2D eigenvalue weighted by Gasteiger charge is -1.98. The summed E-state index contributed by atoms with van der Waals surface area (Å²) in [5.74, 6) is -1.29. The molecule has 0 unspecified atom stereocenters. The van der Waals surface area contributed by atoms with Gasteiger partial charge in [0.2, 0.25) is 0 Å². The Morgan fingerprint density at radius 1 is 1.33 bits per heavy atom. The van der Waals surface area contributed by atoms with Crippen LogP contribution in [0.1, 0.15) is 10.4 Å². The summed E-state index contributed by atoms with van der Waals surface area (Å²) in [6, 6.07) is 6.30. The first-order chi connectivity index (χ1) is 7.08. The van der Waals surface area contributed by atoms with Crippen LogP contribution in [0.2, 0.25) is 0 Å². The van der Waals surface area contributed by atoms with Crippen LogP contribution in [0.4, 0.5) is 0 Å². The fraction of sp³-hybridized carbons (Fsp3) is 0. The van der Waals surface area contributed by atoms with Gasteiger partial charge in [0.15, 0.2) is 0 Å². The molecule has 0 aliphatic heterocycles. The van der Waals surface area contributed by atoms with Gasteiger partial charge < -0.3 is 9.52 Å². The third-order valence-corrected chi connectivity index (χ3v) is 2.42. The first-order valence-corrected chi connectivity index (χ1v) is 4.84. The maximum absolute atomic E-state index is 11.2. The van der Waals surface area contributed by atoms with E-state index >= 15 is 0 Å². The molecule has 0 saturated carbocycles. The zero-order valence-electron chi connectivity index (χ0n) is 7.36. The number of hydrogen-bond donors (Lipinski definition) is 1. The van der Waals surface area contributed by atoms with Gasteiger partial charge in [0.1, 0.15) is 11.1 Å². The summed E-state index contributed by atoms with van der Waals surface area (Å²) < 4.78 is 5.64. The minimum Gasteiger partial charge on any atom is -0.477 e. The normalized spacial score (nSPS) is 10.5. The van der Waals surface area contributed by atoms with Crippen LogP contribution in [-0.4, -0.2) is 11.1 Å². The molecule has 1 aromatic carbocycles. The van der Waals surface area contributed by atoms with Gasteiger partial charge in [-0.1, -0.05) is 15.9 Å². The number of carboxylic acid groups (broad SMARTS) is 1. The van der Waals surface area contributed by atoms with Crippen molar-refractivity contribution in [2.75, 3.05) is 0 Å². The first-order valence-electron chi connectivity index (χ1n) is 4.04. The molecule has 0 spiro atoms. The Hall–Kier alpha value is -1.62.